The number of carbonyl (C=O) groups is 1. The molecule has 1 rings (SSSR count). The number of hydrogen-bond donors (Lipinski definition) is 1. The first-order valence-electron chi connectivity index (χ1n) is 6.02. The predicted octanol–water partition coefficient (Wildman–Crippen LogP) is 4.18. The molecule has 0 radical (unpaired) electrons. The second kappa shape index (κ2) is 6.42. The number of aromatic carboxylic acids is 1. The van der Waals surface area contributed by atoms with Gasteiger partial charge in [0.15, 0.2) is 0 Å². The van der Waals surface area contributed by atoms with Gasteiger partial charge >= 0.3 is 5.97 Å². The molecule has 0 aliphatic rings. The Bertz CT molecular complexity index is 385. The van der Waals surface area contributed by atoms with E-state index in [2.05, 4.69) is 43.4 Å². The summed E-state index contributed by atoms with van der Waals surface area (Å²) in [6, 6.07) is 1.98. The number of halogens is 1. The fraction of sp³-hybridized carbons (Fsp3) is 0.615. The van der Waals surface area contributed by atoms with E-state index in [0.717, 1.165) is 16.4 Å². The Labute approximate surface area is 116 Å². The summed E-state index contributed by atoms with van der Waals surface area (Å²) in [6.07, 6.45) is 5.30. The molecule has 0 saturated carbocycles. The van der Waals surface area contributed by atoms with E-state index in [9.17, 15) is 4.79 Å². The summed E-state index contributed by atoms with van der Waals surface area (Å²) >= 11 is 2.16. The van der Waals surface area contributed by atoms with E-state index in [1.807, 2.05) is 10.8 Å². The molecule has 0 fully saturated rings. The fourth-order valence-electron chi connectivity index (χ4n) is 1.94. The van der Waals surface area contributed by atoms with Gasteiger partial charge in [0, 0.05) is 15.8 Å². The number of carboxylic acids is 1. The van der Waals surface area contributed by atoms with Gasteiger partial charge in [0.1, 0.15) is 5.69 Å². The number of nitrogens with zero attached hydrogens (tertiary/aromatic N) is 1. The van der Waals surface area contributed by atoms with Crippen molar-refractivity contribution in [3.63, 3.8) is 0 Å². The highest BCUT2D eigenvalue weighted by atomic mass is 127. The first kappa shape index (κ1) is 14.5. The minimum Gasteiger partial charge on any atom is -0.477 e. The lowest BCUT2D eigenvalue weighted by atomic mass is 10.0. The van der Waals surface area contributed by atoms with Crippen molar-refractivity contribution in [1.82, 2.24) is 4.57 Å². The maximum absolute atomic E-state index is 11.1. The van der Waals surface area contributed by atoms with E-state index in [0.29, 0.717) is 11.6 Å². The molecular weight excluding hydrogens is 329 g/mol. The van der Waals surface area contributed by atoms with Crippen LogP contribution in [0.15, 0.2) is 12.3 Å². The summed E-state index contributed by atoms with van der Waals surface area (Å²) in [4.78, 5) is 11.1. The Morgan fingerprint density at radius 3 is 2.59 bits per heavy atom. The van der Waals surface area contributed by atoms with Gasteiger partial charge in [0.05, 0.1) is 0 Å². The Morgan fingerprint density at radius 1 is 1.41 bits per heavy atom. The number of hydrogen-bond acceptors (Lipinski definition) is 1. The summed E-state index contributed by atoms with van der Waals surface area (Å²) in [5.41, 5.74) is 0.395. The largest absolute Gasteiger partial charge is 0.477 e. The molecule has 0 saturated heterocycles. The zero-order valence-electron chi connectivity index (χ0n) is 10.6. The van der Waals surface area contributed by atoms with Gasteiger partial charge in [-0.2, -0.15) is 0 Å². The molecule has 0 amide bonds. The normalized spacial score (nSPS) is 13.0. The van der Waals surface area contributed by atoms with Crippen molar-refractivity contribution in [3.05, 3.63) is 21.5 Å². The molecule has 1 N–H and O–H groups in total. The van der Waals surface area contributed by atoms with E-state index < -0.39 is 5.97 Å². The van der Waals surface area contributed by atoms with Gasteiger partial charge in [-0.1, -0.05) is 26.7 Å². The van der Waals surface area contributed by atoms with Crippen molar-refractivity contribution < 1.29 is 9.90 Å². The van der Waals surface area contributed by atoms with Crippen LogP contribution < -0.4 is 0 Å². The molecule has 0 bridgehead atoms. The summed E-state index contributed by atoms with van der Waals surface area (Å²) in [7, 11) is 0. The van der Waals surface area contributed by atoms with Crippen LogP contribution in [0.1, 0.15) is 56.6 Å². The highest BCUT2D eigenvalue weighted by Gasteiger charge is 2.15. The van der Waals surface area contributed by atoms with Gasteiger partial charge in [0.2, 0.25) is 0 Å². The lowest BCUT2D eigenvalue weighted by molar-refractivity contribution is 0.0682. The maximum atomic E-state index is 11.1. The van der Waals surface area contributed by atoms with Gasteiger partial charge < -0.3 is 9.67 Å². The van der Waals surface area contributed by atoms with Gasteiger partial charge in [-0.15, -0.1) is 0 Å². The minimum atomic E-state index is -0.844. The second-order valence-corrected chi connectivity index (χ2v) is 6.18. The zero-order chi connectivity index (χ0) is 13.0. The molecule has 96 valence electrons. The lowest BCUT2D eigenvalue weighted by Crippen LogP contribution is -2.12. The Hall–Kier alpha value is -0.520. The Balaban J connectivity index is 2.68. The summed E-state index contributed by atoms with van der Waals surface area (Å²) in [5.74, 6) is -0.130. The molecule has 0 aliphatic heterocycles. The van der Waals surface area contributed by atoms with Crippen LogP contribution in [0.25, 0.3) is 0 Å². The van der Waals surface area contributed by atoms with Gasteiger partial charge in [0.25, 0.3) is 0 Å². The molecule has 0 aliphatic carbocycles. The standard InChI is InChI=1S/C13H20INO2/c1-9(2)5-4-6-10(3)15-8-11(14)7-12(15)13(16)17/h7-10H,4-6H2,1-3H3,(H,16,17). The van der Waals surface area contributed by atoms with Crippen LogP contribution >= 0.6 is 22.6 Å². The van der Waals surface area contributed by atoms with Crippen molar-refractivity contribution >= 4 is 28.6 Å². The second-order valence-electron chi connectivity index (χ2n) is 4.93. The molecule has 1 atom stereocenters. The molecule has 0 aromatic carbocycles. The average Bonchev–Trinajstić information content (AvgIpc) is 2.59. The molecule has 1 aromatic heterocycles. The van der Waals surface area contributed by atoms with E-state index in [-0.39, 0.29) is 6.04 Å². The average molecular weight is 349 g/mol. The van der Waals surface area contributed by atoms with E-state index in [4.69, 9.17) is 5.11 Å². The van der Waals surface area contributed by atoms with Gasteiger partial charge in [-0.25, -0.2) is 4.79 Å². The lowest BCUT2D eigenvalue weighted by Gasteiger charge is -2.16. The highest BCUT2D eigenvalue weighted by molar-refractivity contribution is 14.1. The molecule has 4 heteroatoms. The smallest absolute Gasteiger partial charge is 0.352 e. The Morgan fingerprint density at radius 2 is 2.06 bits per heavy atom. The van der Waals surface area contributed by atoms with Crippen molar-refractivity contribution in [2.75, 3.05) is 0 Å². The van der Waals surface area contributed by atoms with Crippen molar-refractivity contribution in [2.24, 2.45) is 5.92 Å². The monoisotopic (exact) mass is 349 g/mol. The van der Waals surface area contributed by atoms with Crippen LogP contribution in [0, 0.1) is 9.49 Å². The molecule has 3 nitrogen and oxygen atoms in total. The van der Waals surface area contributed by atoms with E-state index >= 15 is 0 Å². The summed E-state index contributed by atoms with van der Waals surface area (Å²) < 4.78 is 2.86. The summed E-state index contributed by atoms with van der Waals surface area (Å²) in [5, 5.41) is 9.12. The van der Waals surface area contributed by atoms with Crippen LogP contribution in [-0.2, 0) is 0 Å². The quantitative estimate of drug-likeness (QED) is 0.783. The zero-order valence-corrected chi connectivity index (χ0v) is 12.8. The molecule has 1 heterocycles. The molecular formula is C13H20INO2. The third-order valence-electron chi connectivity index (χ3n) is 2.91. The van der Waals surface area contributed by atoms with E-state index in [1.165, 1.54) is 6.42 Å². The van der Waals surface area contributed by atoms with Gasteiger partial charge in [-0.05, 0) is 47.9 Å². The van der Waals surface area contributed by atoms with Crippen LogP contribution in [0.3, 0.4) is 0 Å². The third-order valence-corrected chi connectivity index (χ3v) is 3.50. The Kier molecular flexibility index (Phi) is 5.49. The van der Waals surface area contributed by atoms with Crippen LogP contribution in [0.5, 0.6) is 0 Å². The fourth-order valence-corrected chi connectivity index (χ4v) is 2.54. The SMILES string of the molecule is CC(C)CCCC(C)n1cc(I)cc1C(=O)O. The maximum Gasteiger partial charge on any atom is 0.352 e. The van der Waals surface area contributed by atoms with Crippen LogP contribution in [0.2, 0.25) is 0 Å². The van der Waals surface area contributed by atoms with Crippen LogP contribution in [0.4, 0.5) is 0 Å². The first-order chi connectivity index (χ1) is 7.91. The topological polar surface area (TPSA) is 42.2 Å². The van der Waals surface area contributed by atoms with Crippen molar-refractivity contribution in [1.29, 1.82) is 0 Å². The highest BCUT2D eigenvalue weighted by Crippen LogP contribution is 2.22. The number of rotatable bonds is 6. The predicted molar refractivity (Wildman–Crippen MR) is 77.5 cm³/mol. The molecule has 17 heavy (non-hydrogen) atoms. The minimum absolute atomic E-state index is 0.253. The van der Waals surface area contributed by atoms with E-state index in [1.54, 1.807) is 6.07 Å². The van der Waals surface area contributed by atoms with Crippen molar-refractivity contribution in [2.45, 2.75) is 46.1 Å². The summed E-state index contributed by atoms with van der Waals surface area (Å²) in [6.45, 7) is 6.51. The number of aromatic nitrogens is 1. The molecule has 1 unspecified atom stereocenters. The molecule has 0 spiro atoms. The third kappa shape index (κ3) is 4.33. The number of carboxylic acid groups (broad SMARTS) is 1. The van der Waals surface area contributed by atoms with Gasteiger partial charge in [-0.3, -0.25) is 0 Å². The molecule has 1 aromatic rings. The first-order valence-corrected chi connectivity index (χ1v) is 7.10. The van der Waals surface area contributed by atoms with Crippen LogP contribution in [-0.4, -0.2) is 15.6 Å². The van der Waals surface area contributed by atoms with Crippen molar-refractivity contribution in [3.8, 4) is 0 Å².